The van der Waals surface area contributed by atoms with Gasteiger partial charge in [-0.25, -0.2) is 0 Å². The van der Waals surface area contributed by atoms with Crippen molar-refractivity contribution >= 4 is 5.78 Å². The summed E-state index contributed by atoms with van der Waals surface area (Å²) in [6, 6.07) is 7.31. The summed E-state index contributed by atoms with van der Waals surface area (Å²) in [7, 11) is 0. The first kappa shape index (κ1) is 9.42. The van der Waals surface area contributed by atoms with Crippen LogP contribution >= 0.6 is 0 Å². The predicted octanol–water partition coefficient (Wildman–Crippen LogP) is 1.76. The summed E-state index contributed by atoms with van der Waals surface area (Å²) < 4.78 is 5.61. The molecule has 3 heteroatoms. The van der Waals surface area contributed by atoms with Crippen molar-refractivity contribution in [3.05, 3.63) is 47.7 Å². The van der Waals surface area contributed by atoms with E-state index in [0.29, 0.717) is 12.0 Å². The molecule has 1 fully saturated rings. The van der Waals surface area contributed by atoms with Crippen molar-refractivity contribution in [2.45, 2.75) is 24.0 Å². The van der Waals surface area contributed by atoms with E-state index in [-0.39, 0.29) is 11.7 Å². The van der Waals surface area contributed by atoms with Crippen molar-refractivity contribution in [3.63, 3.8) is 0 Å². The third-order valence-electron chi connectivity index (χ3n) is 4.47. The maximum Gasteiger partial charge on any atom is 0.210 e. The lowest BCUT2D eigenvalue weighted by Gasteiger charge is -2.34. The topological polar surface area (TPSA) is 46.5 Å². The molecule has 0 saturated heterocycles. The Hall–Kier alpha value is -1.61. The first-order chi connectivity index (χ1) is 8.20. The molecule has 0 radical (unpaired) electrons. The van der Waals surface area contributed by atoms with Gasteiger partial charge in [-0.1, -0.05) is 24.3 Å². The molecule has 1 spiro atoms. The Bertz CT molecular complexity index is 562. The van der Waals surface area contributed by atoms with Gasteiger partial charge in [0, 0.05) is 11.5 Å². The van der Waals surface area contributed by atoms with Crippen molar-refractivity contribution in [1.29, 1.82) is 0 Å². The van der Waals surface area contributed by atoms with E-state index in [1.165, 1.54) is 0 Å². The number of fused-ring (bicyclic) bond motifs is 2. The van der Waals surface area contributed by atoms with E-state index in [1.54, 1.807) is 12.3 Å². The number of benzene rings is 1. The summed E-state index contributed by atoms with van der Waals surface area (Å²) >= 11 is 0. The van der Waals surface area contributed by atoms with Crippen LogP contribution in [-0.4, -0.2) is 16.5 Å². The van der Waals surface area contributed by atoms with Crippen molar-refractivity contribution < 1.29 is 14.6 Å². The molecule has 3 nitrogen and oxygen atoms in total. The van der Waals surface area contributed by atoms with E-state index in [4.69, 9.17) is 4.74 Å². The average Bonchev–Trinajstić information content (AvgIpc) is 2.94. The van der Waals surface area contributed by atoms with Crippen LogP contribution in [0.3, 0.4) is 0 Å². The van der Waals surface area contributed by atoms with Gasteiger partial charge < -0.3 is 9.84 Å². The SMILES string of the molecule is O=C1c2ccccc2[C@@]2(O)CC[C@@H]3C=CO[C@@]132. The Morgan fingerprint density at radius 3 is 3.06 bits per heavy atom. The molecule has 0 bridgehead atoms. The summed E-state index contributed by atoms with van der Waals surface area (Å²) in [6.45, 7) is 0. The summed E-state index contributed by atoms with van der Waals surface area (Å²) in [6.07, 6.45) is 4.86. The fourth-order valence-corrected chi connectivity index (χ4v) is 3.70. The van der Waals surface area contributed by atoms with Crippen molar-refractivity contribution in [3.8, 4) is 0 Å². The summed E-state index contributed by atoms with van der Waals surface area (Å²) in [4.78, 5) is 12.6. The number of Topliss-reactive ketones (excluding diaryl/α,β-unsaturated/α-hetero) is 1. The number of carbonyl (C=O) groups excluding carboxylic acids is 1. The highest BCUT2D eigenvalue weighted by Gasteiger charge is 2.72. The van der Waals surface area contributed by atoms with Crippen LogP contribution in [0.5, 0.6) is 0 Å². The highest BCUT2D eigenvalue weighted by molar-refractivity contribution is 6.09. The number of hydrogen-bond acceptors (Lipinski definition) is 3. The van der Waals surface area contributed by atoms with E-state index < -0.39 is 11.2 Å². The molecule has 4 rings (SSSR count). The van der Waals surface area contributed by atoms with Crippen LogP contribution in [0, 0.1) is 5.92 Å². The van der Waals surface area contributed by atoms with Gasteiger partial charge in [-0.15, -0.1) is 0 Å². The zero-order valence-corrected chi connectivity index (χ0v) is 9.22. The molecular weight excluding hydrogens is 216 g/mol. The highest BCUT2D eigenvalue weighted by atomic mass is 16.5. The first-order valence-electron chi connectivity index (χ1n) is 5.91. The highest BCUT2D eigenvalue weighted by Crippen LogP contribution is 2.60. The van der Waals surface area contributed by atoms with E-state index in [1.807, 2.05) is 24.3 Å². The fraction of sp³-hybridized carbons (Fsp3) is 0.357. The molecule has 86 valence electrons. The maximum absolute atomic E-state index is 12.6. The van der Waals surface area contributed by atoms with Crippen molar-refractivity contribution in [2.75, 3.05) is 0 Å². The molecule has 0 amide bonds. The third-order valence-corrected chi connectivity index (χ3v) is 4.47. The van der Waals surface area contributed by atoms with Gasteiger partial charge in [-0.3, -0.25) is 4.79 Å². The molecular formula is C14H12O3. The van der Waals surface area contributed by atoms with Gasteiger partial charge in [-0.2, -0.15) is 0 Å². The van der Waals surface area contributed by atoms with E-state index in [9.17, 15) is 9.90 Å². The lowest BCUT2D eigenvalue weighted by atomic mass is 9.81. The minimum atomic E-state index is -1.14. The molecule has 1 aromatic carbocycles. The minimum absolute atomic E-state index is 0.00685. The average molecular weight is 228 g/mol. The first-order valence-corrected chi connectivity index (χ1v) is 5.91. The van der Waals surface area contributed by atoms with Crippen molar-refractivity contribution in [1.82, 2.24) is 0 Å². The van der Waals surface area contributed by atoms with E-state index in [0.717, 1.165) is 12.0 Å². The zero-order chi connectivity index (χ0) is 11.7. The van der Waals surface area contributed by atoms with Crippen LogP contribution < -0.4 is 0 Å². The van der Waals surface area contributed by atoms with Crippen LogP contribution in [0.25, 0.3) is 0 Å². The molecule has 1 aliphatic heterocycles. The second-order valence-corrected chi connectivity index (χ2v) is 5.06. The minimum Gasteiger partial charge on any atom is -0.483 e. The van der Waals surface area contributed by atoms with E-state index in [2.05, 4.69) is 0 Å². The lowest BCUT2D eigenvalue weighted by molar-refractivity contribution is -0.108. The Morgan fingerprint density at radius 2 is 2.18 bits per heavy atom. The largest absolute Gasteiger partial charge is 0.483 e. The van der Waals surface area contributed by atoms with Crippen LogP contribution in [0.2, 0.25) is 0 Å². The Morgan fingerprint density at radius 1 is 1.35 bits per heavy atom. The van der Waals surface area contributed by atoms with Crippen LogP contribution in [0.15, 0.2) is 36.6 Å². The molecule has 3 atom stereocenters. The zero-order valence-electron chi connectivity index (χ0n) is 9.22. The smallest absolute Gasteiger partial charge is 0.210 e. The Labute approximate surface area is 98.7 Å². The van der Waals surface area contributed by atoms with Crippen LogP contribution in [0.4, 0.5) is 0 Å². The number of aliphatic hydroxyl groups is 1. The monoisotopic (exact) mass is 228 g/mol. The standard InChI is InChI=1S/C14H12O3/c15-12-10-3-1-2-4-11(10)13(16)7-5-9-6-8-17-14(9,12)13/h1-4,6,8-9,16H,5,7H2/t9-,13+,14-/m1/s1. The Kier molecular flexibility index (Phi) is 1.45. The fourth-order valence-electron chi connectivity index (χ4n) is 3.70. The third kappa shape index (κ3) is 0.775. The molecule has 3 aliphatic rings. The Balaban J connectivity index is 2.04. The van der Waals surface area contributed by atoms with Gasteiger partial charge >= 0.3 is 0 Å². The van der Waals surface area contributed by atoms with Gasteiger partial charge in [0.2, 0.25) is 11.4 Å². The second kappa shape index (κ2) is 2.62. The number of rotatable bonds is 0. The number of ether oxygens (including phenoxy) is 1. The lowest BCUT2D eigenvalue weighted by Crippen LogP contribution is -2.51. The molecule has 2 aliphatic carbocycles. The van der Waals surface area contributed by atoms with Crippen LogP contribution in [-0.2, 0) is 10.3 Å². The predicted molar refractivity (Wildman–Crippen MR) is 60.3 cm³/mol. The second-order valence-electron chi connectivity index (χ2n) is 5.06. The molecule has 1 N–H and O–H groups in total. The quantitative estimate of drug-likeness (QED) is 0.736. The van der Waals surface area contributed by atoms with Crippen molar-refractivity contribution in [2.24, 2.45) is 5.92 Å². The molecule has 0 aromatic heterocycles. The maximum atomic E-state index is 12.6. The van der Waals surface area contributed by atoms with Gasteiger partial charge in [0.1, 0.15) is 5.60 Å². The number of ketones is 1. The van der Waals surface area contributed by atoms with Crippen LogP contribution in [0.1, 0.15) is 28.8 Å². The van der Waals surface area contributed by atoms with Gasteiger partial charge in [0.15, 0.2) is 0 Å². The summed E-state index contributed by atoms with van der Waals surface area (Å²) in [5, 5.41) is 10.9. The van der Waals surface area contributed by atoms with E-state index >= 15 is 0 Å². The normalized spacial score (nSPS) is 41.0. The summed E-state index contributed by atoms with van der Waals surface area (Å²) in [5.74, 6) is -0.0597. The van der Waals surface area contributed by atoms with Gasteiger partial charge in [0.25, 0.3) is 0 Å². The molecule has 1 saturated carbocycles. The number of carbonyl (C=O) groups is 1. The molecule has 1 aromatic rings. The number of hydrogen-bond donors (Lipinski definition) is 1. The molecule has 17 heavy (non-hydrogen) atoms. The molecule has 1 heterocycles. The molecule has 0 unspecified atom stereocenters. The van der Waals surface area contributed by atoms with Gasteiger partial charge in [-0.05, 0) is 24.5 Å². The summed E-state index contributed by atoms with van der Waals surface area (Å²) in [5.41, 5.74) is -0.870. The van der Waals surface area contributed by atoms with Gasteiger partial charge in [0.05, 0.1) is 6.26 Å².